The van der Waals surface area contributed by atoms with Crippen LogP contribution in [-0.4, -0.2) is 25.2 Å². The lowest BCUT2D eigenvalue weighted by molar-refractivity contribution is -0.163. The van der Waals surface area contributed by atoms with Gasteiger partial charge >= 0.3 is 11.9 Å². The van der Waals surface area contributed by atoms with Gasteiger partial charge in [0, 0.05) is 0 Å². The third-order valence-electron chi connectivity index (χ3n) is 4.67. The zero-order chi connectivity index (χ0) is 17.8. The van der Waals surface area contributed by atoms with Crippen molar-refractivity contribution in [1.82, 2.24) is 0 Å². The number of carbonyl (C=O) groups is 2. The van der Waals surface area contributed by atoms with Crippen LogP contribution in [-0.2, 0) is 19.1 Å². The summed E-state index contributed by atoms with van der Waals surface area (Å²) in [6.07, 6.45) is 10.5. The molecule has 0 radical (unpaired) electrons. The first kappa shape index (κ1) is 21.0. The summed E-state index contributed by atoms with van der Waals surface area (Å²) < 4.78 is 10.8. The molecular weight excluding hydrogens is 304 g/mol. The van der Waals surface area contributed by atoms with Gasteiger partial charge in [0.15, 0.2) is 0 Å². The van der Waals surface area contributed by atoms with Gasteiger partial charge in [-0.1, -0.05) is 65.7 Å². The number of carbonyl (C=O) groups excluding carboxylic acids is 2. The molecule has 1 fully saturated rings. The van der Waals surface area contributed by atoms with E-state index in [2.05, 4.69) is 6.92 Å². The van der Waals surface area contributed by atoms with Crippen LogP contribution in [0.15, 0.2) is 0 Å². The van der Waals surface area contributed by atoms with E-state index in [1.807, 2.05) is 13.8 Å². The molecule has 2 atom stereocenters. The van der Waals surface area contributed by atoms with E-state index in [-0.39, 0.29) is 23.8 Å². The molecule has 4 heteroatoms. The minimum atomic E-state index is -0.311. The van der Waals surface area contributed by atoms with Gasteiger partial charge in [-0.15, -0.1) is 0 Å². The molecule has 0 saturated heterocycles. The van der Waals surface area contributed by atoms with E-state index in [4.69, 9.17) is 9.47 Å². The quantitative estimate of drug-likeness (QED) is 0.397. The monoisotopic (exact) mass is 340 g/mol. The van der Waals surface area contributed by atoms with E-state index in [0.29, 0.717) is 19.1 Å². The highest BCUT2D eigenvalue weighted by atomic mass is 16.5. The van der Waals surface area contributed by atoms with Crippen LogP contribution in [0.5, 0.6) is 0 Å². The lowest BCUT2D eigenvalue weighted by Gasteiger charge is -2.28. The van der Waals surface area contributed by atoms with Crippen molar-refractivity contribution in [3.63, 3.8) is 0 Å². The van der Waals surface area contributed by atoms with Crippen molar-refractivity contribution in [1.29, 1.82) is 0 Å². The average molecular weight is 341 g/mol. The molecule has 0 N–H and O–H groups in total. The number of esters is 2. The summed E-state index contributed by atoms with van der Waals surface area (Å²) in [6, 6.07) is 0. The first-order chi connectivity index (χ1) is 11.6. The lowest BCUT2D eigenvalue weighted by Crippen LogP contribution is -2.35. The largest absolute Gasteiger partial charge is 0.465 e. The van der Waals surface area contributed by atoms with E-state index < -0.39 is 0 Å². The molecule has 2 unspecified atom stereocenters. The summed E-state index contributed by atoms with van der Waals surface area (Å²) in [7, 11) is 0. The maximum absolute atomic E-state index is 12.4. The second-order valence-electron chi connectivity index (χ2n) is 7.46. The maximum atomic E-state index is 12.4. The van der Waals surface area contributed by atoms with Crippen LogP contribution in [0.1, 0.15) is 85.0 Å². The minimum absolute atomic E-state index is 0.199. The molecule has 0 bridgehead atoms. The van der Waals surface area contributed by atoms with E-state index in [1.165, 1.54) is 25.7 Å². The topological polar surface area (TPSA) is 52.6 Å². The van der Waals surface area contributed by atoms with Crippen LogP contribution in [0, 0.1) is 17.8 Å². The Morgan fingerprint density at radius 1 is 0.875 bits per heavy atom. The normalized spacial score (nSPS) is 20.8. The van der Waals surface area contributed by atoms with Crippen LogP contribution in [0.3, 0.4) is 0 Å². The Morgan fingerprint density at radius 3 is 2.00 bits per heavy atom. The molecule has 0 aromatic carbocycles. The first-order valence-electron chi connectivity index (χ1n) is 9.89. The Morgan fingerprint density at radius 2 is 1.42 bits per heavy atom. The van der Waals surface area contributed by atoms with Gasteiger partial charge in [-0.3, -0.25) is 9.59 Å². The number of rotatable bonds is 11. The third-order valence-corrected chi connectivity index (χ3v) is 4.67. The highest BCUT2D eigenvalue weighted by molar-refractivity contribution is 5.82. The molecule has 0 spiro atoms. The van der Waals surface area contributed by atoms with Crippen molar-refractivity contribution in [2.75, 3.05) is 13.2 Å². The van der Waals surface area contributed by atoms with Crippen molar-refractivity contribution in [3.8, 4) is 0 Å². The molecule has 0 aromatic heterocycles. The molecule has 140 valence electrons. The number of hydrogen-bond donors (Lipinski definition) is 0. The van der Waals surface area contributed by atoms with Crippen LogP contribution in [0.2, 0.25) is 0 Å². The lowest BCUT2D eigenvalue weighted by atomic mass is 9.79. The number of unbranched alkanes of at least 4 members (excludes halogenated alkanes) is 5. The second-order valence-corrected chi connectivity index (χ2v) is 7.46. The molecule has 1 saturated carbocycles. The maximum Gasteiger partial charge on any atom is 0.309 e. The van der Waals surface area contributed by atoms with Crippen LogP contribution in [0.25, 0.3) is 0 Å². The van der Waals surface area contributed by atoms with E-state index >= 15 is 0 Å². The van der Waals surface area contributed by atoms with Gasteiger partial charge in [0.25, 0.3) is 0 Å². The fourth-order valence-corrected chi connectivity index (χ4v) is 3.21. The standard InChI is InChI=1S/C20H36O4/c1-4-5-6-7-8-11-14-23-19(21)17-12-9-10-13-18(17)20(22)24-15-16(2)3/h16-18H,4-15H2,1-3H3. The SMILES string of the molecule is CCCCCCCCOC(=O)C1CCCCC1C(=O)OCC(C)C. The van der Waals surface area contributed by atoms with Gasteiger partial charge in [0.1, 0.15) is 0 Å². The fourth-order valence-electron chi connectivity index (χ4n) is 3.21. The number of hydrogen-bond acceptors (Lipinski definition) is 4. The molecule has 1 aliphatic carbocycles. The zero-order valence-electron chi connectivity index (χ0n) is 15.9. The molecule has 24 heavy (non-hydrogen) atoms. The van der Waals surface area contributed by atoms with Crippen LogP contribution >= 0.6 is 0 Å². The molecule has 0 heterocycles. The zero-order valence-corrected chi connectivity index (χ0v) is 15.9. The van der Waals surface area contributed by atoms with E-state index in [0.717, 1.165) is 38.5 Å². The summed E-state index contributed by atoms with van der Waals surface area (Å²) in [6.45, 7) is 7.14. The number of ether oxygens (including phenoxy) is 2. The van der Waals surface area contributed by atoms with Gasteiger partial charge < -0.3 is 9.47 Å². The van der Waals surface area contributed by atoms with Gasteiger partial charge in [0.2, 0.25) is 0 Å². The Kier molecular flexibility index (Phi) is 10.8. The summed E-state index contributed by atoms with van der Waals surface area (Å²) >= 11 is 0. The predicted octanol–water partition coefficient (Wildman–Crippen LogP) is 4.90. The highest BCUT2D eigenvalue weighted by Crippen LogP contribution is 2.32. The van der Waals surface area contributed by atoms with Crippen molar-refractivity contribution in [3.05, 3.63) is 0 Å². The van der Waals surface area contributed by atoms with E-state index in [9.17, 15) is 9.59 Å². The van der Waals surface area contributed by atoms with Crippen LogP contribution < -0.4 is 0 Å². The summed E-state index contributed by atoms with van der Waals surface area (Å²) in [5, 5.41) is 0. The molecule has 1 rings (SSSR count). The smallest absolute Gasteiger partial charge is 0.309 e. The fraction of sp³-hybridized carbons (Fsp3) is 0.900. The molecule has 4 nitrogen and oxygen atoms in total. The summed E-state index contributed by atoms with van der Waals surface area (Å²) in [5.41, 5.74) is 0. The van der Waals surface area contributed by atoms with Gasteiger partial charge in [-0.05, 0) is 25.2 Å². The Balaban J connectivity index is 2.32. The molecule has 1 aliphatic rings. The Bertz CT molecular complexity index is 365. The van der Waals surface area contributed by atoms with Crippen molar-refractivity contribution < 1.29 is 19.1 Å². The minimum Gasteiger partial charge on any atom is -0.465 e. The van der Waals surface area contributed by atoms with Gasteiger partial charge in [-0.25, -0.2) is 0 Å². The molecule has 0 aromatic rings. The predicted molar refractivity (Wildman–Crippen MR) is 95.6 cm³/mol. The van der Waals surface area contributed by atoms with E-state index in [1.54, 1.807) is 0 Å². The Hall–Kier alpha value is -1.06. The summed E-state index contributed by atoms with van der Waals surface area (Å²) in [4.78, 5) is 24.6. The second kappa shape index (κ2) is 12.3. The third kappa shape index (κ3) is 8.16. The average Bonchev–Trinajstić information content (AvgIpc) is 2.58. The molecule has 0 amide bonds. The van der Waals surface area contributed by atoms with Crippen molar-refractivity contribution in [2.45, 2.75) is 85.0 Å². The first-order valence-corrected chi connectivity index (χ1v) is 9.89. The molecule has 0 aliphatic heterocycles. The van der Waals surface area contributed by atoms with Gasteiger partial charge in [-0.2, -0.15) is 0 Å². The van der Waals surface area contributed by atoms with Crippen molar-refractivity contribution in [2.24, 2.45) is 17.8 Å². The Labute approximate surface area is 147 Å². The van der Waals surface area contributed by atoms with Gasteiger partial charge in [0.05, 0.1) is 25.0 Å². The molecular formula is C20H36O4. The van der Waals surface area contributed by atoms with Crippen LogP contribution in [0.4, 0.5) is 0 Å². The summed E-state index contributed by atoms with van der Waals surface area (Å²) in [5.74, 6) is -0.719. The highest BCUT2D eigenvalue weighted by Gasteiger charge is 2.37. The van der Waals surface area contributed by atoms with Crippen molar-refractivity contribution >= 4 is 11.9 Å².